The Kier molecular flexibility index (Phi) is 7.05. The van der Waals surface area contributed by atoms with Gasteiger partial charge in [-0.15, -0.1) is 0 Å². The number of alkyl halides is 3. The quantitative estimate of drug-likeness (QED) is 0.525. The molecule has 0 aliphatic heterocycles. The van der Waals surface area contributed by atoms with Crippen LogP contribution in [0, 0.1) is 5.92 Å². The van der Waals surface area contributed by atoms with Gasteiger partial charge in [0, 0.05) is 36.3 Å². The molecule has 4 rings (SSSR count). The maximum Gasteiger partial charge on any atom is 0.435 e. The molecule has 2 aliphatic carbocycles. The van der Waals surface area contributed by atoms with Crippen LogP contribution in [0.2, 0.25) is 0 Å². The minimum absolute atomic E-state index is 0.0584. The van der Waals surface area contributed by atoms with Crippen LogP contribution < -0.4 is 4.90 Å². The van der Waals surface area contributed by atoms with E-state index in [1.165, 1.54) is 9.58 Å². The molecular formula is C26H28F3N3O2. The number of halogens is 3. The van der Waals surface area contributed by atoms with Gasteiger partial charge in [-0.3, -0.25) is 14.3 Å². The lowest BCUT2D eigenvalue weighted by Gasteiger charge is -2.24. The molecule has 1 aromatic heterocycles. The van der Waals surface area contributed by atoms with E-state index in [1.807, 2.05) is 48.6 Å². The Hall–Kier alpha value is -3.16. The zero-order valence-corrected chi connectivity index (χ0v) is 19.1. The van der Waals surface area contributed by atoms with Crippen molar-refractivity contribution in [3.8, 4) is 0 Å². The smallest absolute Gasteiger partial charge is 0.315 e. The van der Waals surface area contributed by atoms with Crippen molar-refractivity contribution < 1.29 is 22.8 Å². The monoisotopic (exact) mass is 471 g/mol. The van der Waals surface area contributed by atoms with Gasteiger partial charge in [-0.1, -0.05) is 42.0 Å². The van der Waals surface area contributed by atoms with E-state index in [2.05, 4.69) is 5.10 Å². The highest BCUT2D eigenvalue weighted by Crippen LogP contribution is 2.36. The summed E-state index contributed by atoms with van der Waals surface area (Å²) in [6.07, 6.45) is 4.80. The molecular weight excluding hydrogens is 443 g/mol. The molecule has 1 heterocycles. The van der Waals surface area contributed by atoms with Crippen molar-refractivity contribution in [2.45, 2.75) is 57.7 Å². The predicted molar refractivity (Wildman–Crippen MR) is 123 cm³/mol. The average Bonchev–Trinajstić information content (AvgIpc) is 3.46. The lowest BCUT2D eigenvalue weighted by Crippen LogP contribution is -2.35. The molecule has 0 bridgehead atoms. The molecule has 2 aliphatic rings. The Morgan fingerprint density at radius 2 is 1.88 bits per heavy atom. The number of ketones is 1. The number of hydrogen-bond donors (Lipinski definition) is 0. The van der Waals surface area contributed by atoms with E-state index < -0.39 is 17.8 Å². The number of amides is 1. The van der Waals surface area contributed by atoms with Gasteiger partial charge in [0.25, 0.3) is 0 Å². The van der Waals surface area contributed by atoms with Crippen LogP contribution in [0.5, 0.6) is 0 Å². The van der Waals surface area contributed by atoms with Crippen molar-refractivity contribution in [1.82, 2.24) is 9.78 Å². The zero-order valence-electron chi connectivity index (χ0n) is 19.1. The van der Waals surface area contributed by atoms with E-state index in [0.29, 0.717) is 31.4 Å². The summed E-state index contributed by atoms with van der Waals surface area (Å²) in [6, 6.07) is 9.17. The highest BCUT2D eigenvalue weighted by Gasteiger charge is 2.39. The van der Waals surface area contributed by atoms with E-state index >= 15 is 0 Å². The number of anilines is 1. The number of carbonyl (C=O) groups excluding carboxylic acids is 2. The van der Waals surface area contributed by atoms with Gasteiger partial charge in [0.05, 0.1) is 6.54 Å². The normalized spacial score (nSPS) is 16.2. The van der Waals surface area contributed by atoms with Crippen LogP contribution in [0.3, 0.4) is 0 Å². The van der Waals surface area contributed by atoms with E-state index in [1.54, 1.807) is 7.05 Å². The molecule has 0 saturated heterocycles. The lowest BCUT2D eigenvalue weighted by molar-refractivity contribution is -0.142. The third-order valence-electron chi connectivity index (χ3n) is 6.48. The molecule has 1 aromatic carbocycles. The lowest BCUT2D eigenvalue weighted by atomic mass is 9.92. The van der Waals surface area contributed by atoms with Crippen LogP contribution in [0.4, 0.5) is 18.9 Å². The SMILES string of the molecule is CN(C(=O)[C@@H](CC(=O)Cn1nc(C(F)(F)F)c2c1CCCC2)CC1=CCC=C1)c1ccccc1. The van der Waals surface area contributed by atoms with E-state index in [0.717, 1.165) is 24.1 Å². The Morgan fingerprint density at radius 1 is 1.15 bits per heavy atom. The molecule has 2 aromatic rings. The summed E-state index contributed by atoms with van der Waals surface area (Å²) in [7, 11) is 1.67. The number of hydrogen-bond acceptors (Lipinski definition) is 3. The van der Waals surface area contributed by atoms with Gasteiger partial charge in [0.15, 0.2) is 11.5 Å². The van der Waals surface area contributed by atoms with Crippen LogP contribution in [-0.4, -0.2) is 28.5 Å². The highest BCUT2D eigenvalue weighted by molar-refractivity contribution is 5.97. The summed E-state index contributed by atoms with van der Waals surface area (Å²) in [6.45, 7) is -0.258. The Labute approximate surface area is 196 Å². The molecule has 180 valence electrons. The number of benzene rings is 1. The molecule has 8 heteroatoms. The number of Topliss-reactive ketones (excluding diaryl/α,β-unsaturated/α-hetero) is 1. The molecule has 5 nitrogen and oxygen atoms in total. The zero-order chi connectivity index (χ0) is 24.3. The summed E-state index contributed by atoms with van der Waals surface area (Å²) in [5.74, 6) is -1.11. The standard InChI is InChI=1S/C26H28F3N3O2/c1-31(20-11-3-2-4-12-20)25(34)19(15-18-9-5-6-10-18)16-21(33)17-32-23-14-8-7-13-22(23)24(30-32)26(27,28)29/h2-5,9-12,19H,6-8,13-17H2,1H3/t19-/m1/s1. The van der Waals surface area contributed by atoms with Gasteiger partial charge in [-0.05, 0) is 50.7 Å². The van der Waals surface area contributed by atoms with Gasteiger partial charge in [0.2, 0.25) is 5.91 Å². The van der Waals surface area contributed by atoms with Crippen LogP contribution in [0.15, 0.2) is 54.1 Å². The third-order valence-corrected chi connectivity index (χ3v) is 6.48. The number of para-hydroxylation sites is 1. The van der Waals surface area contributed by atoms with E-state index in [4.69, 9.17) is 0 Å². The van der Waals surface area contributed by atoms with Crippen molar-refractivity contribution in [2.24, 2.45) is 5.92 Å². The Morgan fingerprint density at radius 3 is 2.56 bits per heavy atom. The Balaban J connectivity index is 1.54. The fraction of sp³-hybridized carbons (Fsp3) is 0.423. The van der Waals surface area contributed by atoms with Gasteiger partial charge >= 0.3 is 6.18 Å². The fourth-order valence-electron chi connectivity index (χ4n) is 4.78. The first-order valence-corrected chi connectivity index (χ1v) is 11.6. The molecule has 0 saturated carbocycles. The molecule has 1 amide bonds. The molecule has 34 heavy (non-hydrogen) atoms. The number of fused-ring (bicyclic) bond motifs is 1. The molecule has 0 fully saturated rings. The summed E-state index contributed by atoms with van der Waals surface area (Å²) in [4.78, 5) is 27.9. The second-order valence-electron chi connectivity index (χ2n) is 8.93. The molecule has 1 atom stereocenters. The summed E-state index contributed by atoms with van der Waals surface area (Å²) < 4.78 is 41.7. The van der Waals surface area contributed by atoms with Crippen LogP contribution >= 0.6 is 0 Å². The van der Waals surface area contributed by atoms with Gasteiger partial charge in [-0.2, -0.15) is 18.3 Å². The van der Waals surface area contributed by atoms with E-state index in [-0.39, 0.29) is 30.2 Å². The average molecular weight is 472 g/mol. The number of carbonyl (C=O) groups is 2. The summed E-state index contributed by atoms with van der Waals surface area (Å²) >= 11 is 0. The third kappa shape index (κ3) is 5.32. The molecule has 0 radical (unpaired) electrons. The Bertz CT molecular complexity index is 1120. The van der Waals surface area contributed by atoms with Gasteiger partial charge < -0.3 is 4.90 Å². The topological polar surface area (TPSA) is 55.2 Å². The van der Waals surface area contributed by atoms with E-state index in [9.17, 15) is 22.8 Å². The first-order valence-electron chi connectivity index (χ1n) is 11.6. The number of rotatable bonds is 8. The first-order chi connectivity index (χ1) is 16.2. The van der Waals surface area contributed by atoms with Crippen molar-refractivity contribution in [3.05, 3.63) is 71.1 Å². The second kappa shape index (κ2) is 9.99. The summed E-state index contributed by atoms with van der Waals surface area (Å²) in [5.41, 5.74) is 1.54. The maximum absolute atomic E-state index is 13.5. The van der Waals surface area contributed by atoms with Crippen molar-refractivity contribution in [2.75, 3.05) is 11.9 Å². The fourth-order valence-corrected chi connectivity index (χ4v) is 4.78. The number of aromatic nitrogens is 2. The van der Waals surface area contributed by atoms with Crippen molar-refractivity contribution in [1.29, 1.82) is 0 Å². The first kappa shape index (κ1) is 24.0. The number of allylic oxidation sites excluding steroid dienone is 4. The van der Waals surface area contributed by atoms with Crippen LogP contribution in [0.25, 0.3) is 0 Å². The largest absolute Gasteiger partial charge is 0.435 e. The number of nitrogens with zero attached hydrogens (tertiary/aromatic N) is 3. The van der Waals surface area contributed by atoms with Crippen molar-refractivity contribution >= 4 is 17.4 Å². The minimum Gasteiger partial charge on any atom is -0.315 e. The van der Waals surface area contributed by atoms with Crippen molar-refractivity contribution in [3.63, 3.8) is 0 Å². The molecule has 0 N–H and O–H groups in total. The molecule has 0 spiro atoms. The van der Waals surface area contributed by atoms with Crippen LogP contribution in [-0.2, 0) is 35.2 Å². The summed E-state index contributed by atoms with van der Waals surface area (Å²) in [5, 5.41) is 3.79. The molecule has 0 unspecified atom stereocenters. The predicted octanol–water partition coefficient (Wildman–Crippen LogP) is 5.30. The van der Waals surface area contributed by atoms with Gasteiger partial charge in [-0.25, -0.2) is 0 Å². The minimum atomic E-state index is -4.55. The van der Waals surface area contributed by atoms with Gasteiger partial charge in [0.1, 0.15) is 0 Å². The van der Waals surface area contributed by atoms with Crippen LogP contribution in [0.1, 0.15) is 49.1 Å². The highest BCUT2D eigenvalue weighted by atomic mass is 19.4. The maximum atomic E-state index is 13.5. The second-order valence-corrected chi connectivity index (χ2v) is 8.93.